The predicted octanol–water partition coefficient (Wildman–Crippen LogP) is 2.81. The molecule has 0 aliphatic carbocycles. The Balaban J connectivity index is 4.78. The van der Waals surface area contributed by atoms with Gasteiger partial charge in [-0.05, 0) is 33.1 Å². The van der Waals surface area contributed by atoms with E-state index in [0.29, 0.717) is 5.92 Å². The molecular formula is C17H34N2O4. The third kappa shape index (κ3) is 7.68. The molecule has 0 spiro atoms. The quantitative estimate of drug-likeness (QED) is 0.743. The first kappa shape index (κ1) is 21.7. The number of carbonyl (C=O) groups is 2. The summed E-state index contributed by atoms with van der Waals surface area (Å²) in [6.07, 6.45) is 1.16. The Morgan fingerprint density at radius 2 is 1.74 bits per heavy atom. The second-order valence-corrected chi connectivity index (χ2v) is 6.92. The summed E-state index contributed by atoms with van der Waals surface area (Å²) < 4.78 is 10.7. The molecule has 0 aliphatic heterocycles. The molecule has 0 saturated heterocycles. The van der Waals surface area contributed by atoms with E-state index in [0.717, 1.165) is 12.8 Å². The van der Waals surface area contributed by atoms with Crippen LogP contribution in [0.3, 0.4) is 0 Å². The van der Waals surface area contributed by atoms with Gasteiger partial charge in [0.25, 0.3) is 0 Å². The summed E-state index contributed by atoms with van der Waals surface area (Å²) in [6, 6.07) is -0.0251. The summed E-state index contributed by atoms with van der Waals surface area (Å²) in [5, 5.41) is 2.51. The summed E-state index contributed by atoms with van der Waals surface area (Å²) in [5.74, 6) is 0.145. The summed E-state index contributed by atoms with van der Waals surface area (Å²) in [6.45, 7) is 11.5. The summed E-state index contributed by atoms with van der Waals surface area (Å²) >= 11 is 0. The Morgan fingerprint density at radius 1 is 1.17 bits per heavy atom. The van der Waals surface area contributed by atoms with E-state index >= 15 is 0 Å². The fraction of sp³-hybridized carbons (Fsp3) is 0.882. The van der Waals surface area contributed by atoms with E-state index < -0.39 is 11.7 Å². The minimum atomic E-state index is -0.585. The maximum atomic E-state index is 12.4. The molecule has 0 rings (SSSR count). The third-order valence-electron chi connectivity index (χ3n) is 3.94. The van der Waals surface area contributed by atoms with Crippen LogP contribution in [0.5, 0.6) is 0 Å². The smallest absolute Gasteiger partial charge is 0.408 e. The van der Waals surface area contributed by atoms with Crippen molar-refractivity contribution in [3.63, 3.8) is 0 Å². The van der Waals surface area contributed by atoms with Gasteiger partial charge in [-0.1, -0.05) is 27.2 Å². The number of alkyl carbamates (subject to hydrolysis) is 1. The second kappa shape index (κ2) is 9.75. The van der Waals surface area contributed by atoms with Gasteiger partial charge < -0.3 is 19.7 Å². The van der Waals surface area contributed by atoms with Crippen LogP contribution in [0.2, 0.25) is 0 Å². The molecule has 3 unspecified atom stereocenters. The third-order valence-corrected chi connectivity index (χ3v) is 3.94. The SMILES string of the molecule is CCC(C)C(C(CC)OC)N(C)C(=O)CNC(=O)OC(C)(C)C. The molecule has 0 saturated carbocycles. The molecule has 3 atom stereocenters. The fourth-order valence-electron chi connectivity index (χ4n) is 2.54. The number of carbonyl (C=O) groups excluding carboxylic acids is 2. The maximum absolute atomic E-state index is 12.4. The Hall–Kier alpha value is -1.30. The topological polar surface area (TPSA) is 67.9 Å². The van der Waals surface area contributed by atoms with Crippen LogP contribution in [0, 0.1) is 5.92 Å². The van der Waals surface area contributed by atoms with E-state index in [1.165, 1.54) is 0 Å². The first-order valence-electron chi connectivity index (χ1n) is 8.32. The number of amides is 2. The van der Waals surface area contributed by atoms with Gasteiger partial charge in [0, 0.05) is 14.2 Å². The predicted molar refractivity (Wildman–Crippen MR) is 91.3 cm³/mol. The minimum absolute atomic E-state index is 0.0251. The van der Waals surface area contributed by atoms with Gasteiger partial charge >= 0.3 is 6.09 Å². The highest BCUT2D eigenvalue weighted by Gasteiger charge is 2.31. The van der Waals surface area contributed by atoms with E-state index in [2.05, 4.69) is 19.2 Å². The summed E-state index contributed by atoms with van der Waals surface area (Å²) in [4.78, 5) is 25.8. The molecule has 0 bridgehead atoms. The van der Waals surface area contributed by atoms with E-state index in [1.807, 2.05) is 6.92 Å². The molecule has 1 N–H and O–H groups in total. The monoisotopic (exact) mass is 330 g/mol. The maximum Gasteiger partial charge on any atom is 0.408 e. The number of hydrogen-bond acceptors (Lipinski definition) is 4. The molecule has 0 aromatic rings. The van der Waals surface area contributed by atoms with Gasteiger partial charge in [-0.25, -0.2) is 4.79 Å². The molecule has 0 aromatic heterocycles. The lowest BCUT2D eigenvalue weighted by molar-refractivity contribution is -0.135. The van der Waals surface area contributed by atoms with Crippen molar-refractivity contribution in [2.75, 3.05) is 20.7 Å². The number of nitrogens with one attached hydrogen (secondary N) is 1. The molecule has 6 heteroatoms. The molecule has 136 valence electrons. The number of hydrogen-bond donors (Lipinski definition) is 1. The Bertz CT molecular complexity index is 375. The zero-order valence-corrected chi connectivity index (χ0v) is 15.9. The van der Waals surface area contributed by atoms with Crippen LogP contribution in [0.15, 0.2) is 0 Å². The van der Waals surface area contributed by atoms with E-state index in [9.17, 15) is 9.59 Å². The van der Waals surface area contributed by atoms with Crippen molar-refractivity contribution in [3.8, 4) is 0 Å². The fourth-order valence-corrected chi connectivity index (χ4v) is 2.54. The average molecular weight is 330 g/mol. The van der Waals surface area contributed by atoms with Crippen molar-refractivity contribution in [2.24, 2.45) is 5.92 Å². The Morgan fingerprint density at radius 3 is 2.13 bits per heavy atom. The number of methoxy groups -OCH3 is 1. The molecule has 0 radical (unpaired) electrons. The zero-order valence-electron chi connectivity index (χ0n) is 15.9. The van der Waals surface area contributed by atoms with Crippen molar-refractivity contribution < 1.29 is 19.1 Å². The molecule has 2 amide bonds. The molecular weight excluding hydrogens is 296 g/mol. The average Bonchev–Trinajstić information content (AvgIpc) is 2.46. The summed E-state index contributed by atoms with van der Waals surface area (Å²) in [5.41, 5.74) is -0.582. The lowest BCUT2D eigenvalue weighted by atomic mass is 9.91. The van der Waals surface area contributed by atoms with Crippen molar-refractivity contribution in [3.05, 3.63) is 0 Å². The van der Waals surface area contributed by atoms with Crippen molar-refractivity contribution in [1.29, 1.82) is 0 Å². The Labute approximate surface area is 140 Å². The number of likely N-dealkylation sites (N-methyl/N-ethyl adjacent to an activating group) is 1. The molecule has 0 aliphatic rings. The van der Waals surface area contributed by atoms with Crippen LogP contribution in [0.1, 0.15) is 54.4 Å². The first-order chi connectivity index (χ1) is 10.6. The van der Waals surface area contributed by atoms with Gasteiger partial charge in [0.05, 0.1) is 12.1 Å². The standard InChI is InChI=1S/C17H34N2O4/c1-9-12(3)15(13(10-2)22-8)19(7)14(20)11-18-16(21)23-17(4,5)6/h12-13,15H,9-11H2,1-8H3,(H,18,21). The van der Waals surface area contributed by atoms with E-state index in [-0.39, 0.29) is 24.6 Å². The number of nitrogens with zero attached hydrogens (tertiary/aromatic N) is 1. The van der Waals surface area contributed by atoms with Gasteiger partial charge in [0.2, 0.25) is 5.91 Å². The summed E-state index contributed by atoms with van der Waals surface area (Å²) in [7, 11) is 3.43. The normalized spacial score (nSPS) is 15.5. The number of ether oxygens (including phenoxy) is 2. The van der Waals surface area contributed by atoms with Crippen LogP contribution >= 0.6 is 0 Å². The van der Waals surface area contributed by atoms with Crippen molar-refractivity contribution in [2.45, 2.75) is 72.1 Å². The van der Waals surface area contributed by atoms with Gasteiger partial charge in [0.15, 0.2) is 0 Å². The van der Waals surface area contributed by atoms with Gasteiger partial charge in [-0.2, -0.15) is 0 Å². The van der Waals surface area contributed by atoms with Crippen LogP contribution in [0.25, 0.3) is 0 Å². The van der Waals surface area contributed by atoms with Crippen LogP contribution in [0.4, 0.5) is 4.79 Å². The lowest BCUT2D eigenvalue weighted by Crippen LogP contribution is -2.51. The highest BCUT2D eigenvalue weighted by Crippen LogP contribution is 2.21. The van der Waals surface area contributed by atoms with Crippen molar-refractivity contribution >= 4 is 12.0 Å². The molecule has 0 heterocycles. The highest BCUT2D eigenvalue weighted by atomic mass is 16.6. The second-order valence-electron chi connectivity index (χ2n) is 6.92. The van der Waals surface area contributed by atoms with E-state index in [1.54, 1.807) is 39.8 Å². The lowest BCUT2D eigenvalue weighted by Gasteiger charge is -2.37. The van der Waals surface area contributed by atoms with Gasteiger partial charge in [-0.3, -0.25) is 4.79 Å². The first-order valence-corrected chi connectivity index (χ1v) is 8.32. The highest BCUT2D eigenvalue weighted by molar-refractivity contribution is 5.82. The molecule has 23 heavy (non-hydrogen) atoms. The zero-order chi connectivity index (χ0) is 18.2. The Kier molecular flexibility index (Phi) is 9.20. The minimum Gasteiger partial charge on any atom is -0.444 e. The largest absolute Gasteiger partial charge is 0.444 e. The van der Waals surface area contributed by atoms with Crippen LogP contribution in [-0.2, 0) is 14.3 Å². The van der Waals surface area contributed by atoms with Gasteiger partial charge in [-0.15, -0.1) is 0 Å². The molecule has 0 fully saturated rings. The molecule has 6 nitrogen and oxygen atoms in total. The van der Waals surface area contributed by atoms with Gasteiger partial charge in [0.1, 0.15) is 12.1 Å². The molecule has 0 aromatic carbocycles. The van der Waals surface area contributed by atoms with Crippen molar-refractivity contribution in [1.82, 2.24) is 10.2 Å². The van der Waals surface area contributed by atoms with Crippen LogP contribution < -0.4 is 5.32 Å². The number of rotatable bonds is 8. The van der Waals surface area contributed by atoms with Crippen LogP contribution in [-0.4, -0.2) is 55.3 Å². The van der Waals surface area contributed by atoms with E-state index in [4.69, 9.17) is 9.47 Å².